The van der Waals surface area contributed by atoms with Gasteiger partial charge in [-0.05, 0) is 67.8 Å². The number of fused-ring (bicyclic) bond motifs is 1. The summed E-state index contributed by atoms with van der Waals surface area (Å²) in [5, 5.41) is 0. The van der Waals surface area contributed by atoms with Crippen molar-refractivity contribution < 1.29 is 52.3 Å². The summed E-state index contributed by atoms with van der Waals surface area (Å²) in [6.07, 6.45) is 2.35. The summed E-state index contributed by atoms with van der Waals surface area (Å²) in [6.45, 7) is 8.96. The highest BCUT2D eigenvalue weighted by Gasteiger charge is 2.43. The van der Waals surface area contributed by atoms with Gasteiger partial charge in [-0.2, -0.15) is 0 Å². The van der Waals surface area contributed by atoms with Crippen molar-refractivity contribution in [3.63, 3.8) is 0 Å². The summed E-state index contributed by atoms with van der Waals surface area (Å²) in [6, 6.07) is 13.9. The van der Waals surface area contributed by atoms with Crippen LogP contribution < -0.4 is 14.2 Å². The number of carbonyl (C=O) groups is 4. The Balaban J connectivity index is 0.00000127. The largest absolute Gasteiger partial charge is 0.513 e. The molecule has 3 atom stereocenters. The molecule has 0 aliphatic carbocycles. The first-order chi connectivity index (χ1) is 19.1. The second kappa shape index (κ2) is 17.3. The van der Waals surface area contributed by atoms with Gasteiger partial charge in [-0.15, -0.1) is 0 Å². The van der Waals surface area contributed by atoms with Crippen LogP contribution in [0.2, 0.25) is 0 Å². The van der Waals surface area contributed by atoms with E-state index in [0.717, 1.165) is 18.2 Å². The maximum Gasteiger partial charge on any atom is 0.513 e. The fourth-order valence-electron chi connectivity index (χ4n) is 3.72. The average Bonchev–Trinajstić information content (AvgIpc) is 3.60. The molecule has 11 heteroatoms. The van der Waals surface area contributed by atoms with Gasteiger partial charge >= 0.3 is 12.1 Å². The second-order valence-electron chi connectivity index (χ2n) is 7.98. The maximum atomic E-state index is 11.8. The van der Waals surface area contributed by atoms with E-state index in [4.69, 9.17) is 42.7 Å². The number of unbranched alkanes of at least 4 members (excludes halogenated alkanes) is 1. The van der Waals surface area contributed by atoms with Gasteiger partial charge in [0, 0.05) is 12.7 Å². The van der Waals surface area contributed by atoms with E-state index in [1.807, 2.05) is 37.8 Å². The lowest BCUT2D eigenvalue weighted by Crippen LogP contribution is -2.32. The van der Waals surface area contributed by atoms with Crippen molar-refractivity contribution in [2.75, 3.05) is 26.4 Å². The van der Waals surface area contributed by atoms with E-state index in [0.29, 0.717) is 43.3 Å². The van der Waals surface area contributed by atoms with E-state index in [-0.39, 0.29) is 31.5 Å². The van der Waals surface area contributed by atoms with E-state index >= 15 is 0 Å². The molecule has 2 aliphatic heterocycles. The summed E-state index contributed by atoms with van der Waals surface area (Å²) < 4.78 is 38.3. The predicted octanol–water partition coefficient (Wildman–Crippen LogP) is 4.07. The zero-order chi connectivity index (χ0) is 28.5. The Bertz CT molecular complexity index is 1020. The molecule has 2 heterocycles. The molecule has 0 radical (unpaired) electrons. The standard InChI is InChI=1S/C26H28O9.2CH2O/c1-2-24(27)29-14-3-4-15-31-26(28)35-21-11-7-19(8-12-21)33-18-5-9-20(10-6-18)34-23-17-32-22-13-16-30-25(22)23;2*1-2/h2,5-12,22-23,25H,1,3-4,13-17H2;2*1H2. The lowest BCUT2D eigenvalue weighted by molar-refractivity contribution is -0.137. The lowest BCUT2D eigenvalue weighted by Gasteiger charge is -2.18. The van der Waals surface area contributed by atoms with Gasteiger partial charge in [0.1, 0.15) is 42.7 Å². The number of hydrogen-bond donors (Lipinski definition) is 0. The highest BCUT2D eigenvalue weighted by molar-refractivity contribution is 5.81. The van der Waals surface area contributed by atoms with Crippen molar-refractivity contribution in [1.29, 1.82) is 0 Å². The fraction of sp³-hybridized carbons (Fsp3) is 0.357. The van der Waals surface area contributed by atoms with Gasteiger partial charge in [0.25, 0.3) is 0 Å². The van der Waals surface area contributed by atoms with Crippen LogP contribution in [0, 0.1) is 0 Å². The zero-order valence-electron chi connectivity index (χ0n) is 21.5. The van der Waals surface area contributed by atoms with Crippen LogP contribution in [0.3, 0.4) is 0 Å². The molecule has 2 aromatic carbocycles. The van der Waals surface area contributed by atoms with E-state index in [1.165, 1.54) is 0 Å². The Hall–Kier alpha value is -4.22. The molecule has 2 fully saturated rings. The Morgan fingerprint density at radius 1 is 0.821 bits per heavy atom. The van der Waals surface area contributed by atoms with Crippen molar-refractivity contribution in [3.8, 4) is 23.0 Å². The fourth-order valence-corrected chi connectivity index (χ4v) is 3.72. The SMILES string of the molecule is C=CC(=O)OCCCCOC(=O)Oc1ccc(Oc2ccc(OC3COC4CCOC43)cc2)cc1.C=O.C=O. The number of esters is 1. The van der Waals surface area contributed by atoms with Crippen molar-refractivity contribution in [2.24, 2.45) is 0 Å². The number of benzene rings is 2. The monoisotopic (exact) mass is 544 g/mol. The number of hydrogen-bond acceptors (Lipinski definition) is 11. The molecule has 0 spiro atoms. The molecule has 2 aliphatic rings. The van der Waals surface area contributed by atoms with Gasteiger partial charge in [0.2, 0.25) is 0 Å². The predicted molar refractivity (Wildman–Crippen MR) is 138 cm³/mol. The summed E-state index contributed by atoms with van der Waals surface area (Å²) in [7, 11) is 0. The van der Waals surface area contributed by atoms with Crippen molar-refractivity contribution >= 4 is 25.7 Å². The smallest absolute Gasteiger partial charge is 0.485 e. The third-order valence-electron chi connectivity index (χ3n) is 5.46. The molecular weight excluding hydrogens is 512 g/mol. The number of carbonyl (C=O) groups excluding carboxylic acids is 4. The summed E-state index contributed by atoms with van der Waals surface area (Å²) in [5.41, 5.74) is 0. The molecular formula is C28H32O11. The van der Waals surface area contributed by atoms with Gasteiger partial charge in [-0.1, -0.05) is 6.58 Å². The minimum atomic E-state index is -0.806. The number of rotatable bonds is 11. The van der Waals surface area contributed by atoms with Gasteiger partial charge in [-0.25, -0.2) is 9.59 Å². The minimum Gasteiger partial charge on any atom is -0.485 e. The zero-order valence-corrected chi connectivity index (χ0v) is 21.5. The van der Waals surface area contributed by atoms with Crippen LogP contribution in [0.1, 0.15) is 19.3 Å². The van der Waals surface area contributed by atoms with E-state index < -0.39 is 12.1 Å². The van der Waals surface area contributed by atoms with Crippen LogP contribution in [0.4, 0.5) is 4.79 Å². The molecule has 0 amide bonds. The topological polar surface area (TPSA) is 133 Å². The Morgan fingerprint density at radius 3 is 2.00 bits per heavy atom. The third kappa shape index (κ3) is 10.2. The summed E-state index contributed by atoms with van der Waals surface area (Å²) in [4.78, 5) is 38.7. The van der Waals surface area contributed by atoms with Crippen LogP contribution in [-0.2, 0) is 33.3 Å². The van der Waals surface area contributed by atoms with Crippen LogP contribution in [0.5, 0.6) is 23.0 Å². The van der Waals surface area contributed by atoms with Crippen molar-refractivity contribution in [1.82, 2.24) is 0 Å². The molecule has 210 valence electrons. The van der Waals surface area contributed by atoms with Gasteiger partial charge in [0.05, 0.1) is 25.9 Å². The first-order valence-corrected chi connectivity index (χ1v) is 12.1. The molecule has 39 heavy (non-hydrogen) atoms. The number of ether oxygens (including phenoxy) is 7. The Kier molecular flexibility index (Phi) is 13.8. The first-order valence-electron chi connectivity index (χ1n) is 12.1. The Labute approximate surface area is 226 Å². The molecule has 0 aromatic heterocycles. The quantitative estimate of drug-likeness (QED) is 0.175. The van der Waals surface area contributed by atoms with Gasteiger partial charge < -0.3 is 42.7 Å². The van der Waals surface area contributed by atoms with E-state index in [1.54, 1.807) is 24.3 Å². The minimum absolute atomic E-state index is 0.00196. The molecule has 3 unspecified atom stereocenters. The summed E-state index contributed by atoms with van der Waals surface area (Å²) in [5.74, 6) is 1.80. The molecule has 4 rings (SSSR count). The highest BCUT2D eigenvalue weighted by Crippen LogP contribution is 2.31. The van der Waals surface area contributed by atoms with Crippen LogP contribution >= 0.6 is 0 Å². The first kappa shape index (κ1) is 31.0. The molecule has 2 saturated heterocycles. The maximum absolute atomic E-state index is 11.8. The van der Waals surface area contributed by atoms with Crippen LogP contribution in [0.25, 0.3) is 0 Å². The van der Waals surface area contributed by atoms with Crippen molar-refractivity contribution in [2.45, 2.75) is 37.6 Å². The molecule has 0 N–H and O–H groups in total. The highest BCUT2D eigenvalue weighted by atomic mass is 16.7. The van der Waals surface area contributed by atoms with E-state index in [2.05, 4.69) is 6.58 Å². The molecule has 0 bridgehead atoms. The van der Waals surface area contributed by atoms with Crippen LogP contribution in [0.15, 0.2) is 61.2 Å². The van der Waals surface area contributed by atoms with Crippen LogP contribution in [-0.4, -0.2) is 70.4 Å². The second-order valence-corrected chi connectivity index (χ2v) is 7.98. The lowest BCUT2D eigenvalue weighted by atomic mass is 10.1. The normalized spacial score (nSPS) is 18.6. The summed E-state index contributed by atoms with van der Waals surface area (Å²) >= 11 is 0. The van der Waals surface area contributed by atoms with E-state index in [9.17, 15) is 9.59 Å². The van der Waals surface area contributed by atoms with Gasteiger partial charge in [-0.3, -0.25) is 0 Å². The third-order valence-corrected chi connectivity index (χ3v) is 5.46. The molecule has 11 nitrogen and oxygen atoms in total. The molecule has 2 aromatic rings. The average molecular weight is 545 g/mol. The van der Waals surface area contributed by atoms with Gasteiger partial charge in [0.15, 0.2) is 6.10 Å². The Morgan fingerprint density at radius 2 is 1.38 bits per heavy atom. The van der Waals surface area contributed by atoms with Crippen molar-refractivity contribution in [3.05, 3.63) is 61.2 Å². The molecule has 0 saturated carbocycles.